The van der Waals surface area contributed by atoms with Gasteiger partial charge >= 0.3 is 0 Å². The first-order chi connectivity index (χ1) is 8.25. The minimum atomic E-state index is -0.389. The minimum absolute atomic E-state index is 0.115. The molecular weight excluding hydrogens is 226 g/mol. The van der Waals surface area contributed by atoms with Gasteiger partial charge in [0.25, 0.3) is 0 Å². The predicted octanol–water partition coefficient (Wildman–Crippen LogP) is 1.16. The molecule has 1 aliphatic heterocycles. The second kappa shape index (κ2) is 6.02. The van der Waals surface area contributed by atoms with Gasteiger partial charge in [0.1, 0.15) is 0 Å². The van der Waals surface area contributed by atoms with E-state index in [1.807, 2.05) is 25.7 Å². The first kappa shape index (κ1) is 15.4. The number of amides is 1. The zero-order valence-corrected chi connectivity index (χ0v) is 12.6. The van der Waals surface area contributed by atoms with Crippen molar-refractivity contribution < 1.29 is 4.79 Å². The SMILES string of the molecule is CCN(C)CC1CCN(C(=O)[C@@H](N)C(C)(C)C)C1. The molecule has 0 aromatic rings. The summed E-state index contributed by atoms with van der Waals surface area (Å²) in [7, 11) is 2.13. The highest BCUT2D eigenvalue weighted by molar-refractivity contribution is 5.82. The number of nitrogens with two attached hydrogens (primary N) is 1. The van der Waals surface area contributed by atoms with Crippen molar-refractivity contribution in [2.24, 2.45) is 17.1 Å². The van der Waals surface area contributed by atoms with Crippen molar-refractivity contribution >= 4 is 5.91 Å². The van der Waals surface area contributed by atoms with Crippen LogP contribution in [0.15, 0.2) is 0 Å². The summed E-state index contributed by atoms with van der Waals surface area (Å²) >= 11 is 0. The molecule has 0 aromatic carbocycles. The van der Waals surface area contributed by atoms with Crippen molar-refractivity contribution in [1.82, 2.24) is 9.80 Å². The summed E-state index contributed by atoms with van der Waals surface area (Å²) < 4.78 is 0. The Bertz CT molecular complexity index is 285. The number of nitrogens with zero attached hydrogens (tertiary/aromatic N) is 2. The molecule has 1 aliphatic rings. The summed E-state index contributed by atoms with van der Waals surface area (Å²) in [5, 5.41) is 0. The van der Waals surface area contributed by atoms with Gasteiger partial charge in [0.05, 0.1) is 6.04 Å². The molecule has 18 heavy (non-hydrogen) atoms. The number of likely N-dealkylation sites (tertiary alicyclic amines) is 1. The summed E-state index contributed by atoms with van der Waals surface area (Å²) in [6.45, 7) is 12.1. The lowest BCUT2D eigenvalue weighted by atomic mass is 9.86. The average molecular weight is 255 g/mol. The maximum atomic E-state index is 12.3. The smallest absolute Gasteiger partial charge is 0.240 e. The van der Waals surface area contributed by atoms with Crippen LogP contribution in [0.3, 0.4) is 0 Å². The van der Waals surface area contributed by atoms with E-state index in [1.54, 1.807) is 0 Å². The molecule has 4 heteroatoms. The lowest BCUT2D eigenvalue weighted by Gasteiger charge is -2.30. The number of hydrogen-bond donors (Lipinski definition) is 1. The van der Waals surface area contributed by atoms with Crippen LogP contribution in [0.5, 0.6) is 0 Å². The Hall–Kier alpha value is -0.610. The van der Waals surface area contributed by atoms with Crippen LogP contribution in [0, 0.1) is 11.3 Å². The topological polar surface area (TPSA) is 49.6 Å². The zero-order chi connectivity index (χ0) is 13.9. The van der Waals surface area contributed by atoms with E-state index in [1.165, 1.54) is 0 Å². The summed E-state index contributed by atoms with van der Waals surface area (Å²) in [6, 6.07) is -0.389. The van der Waals surface area contributed by atoms with Gasteiger partial charge < -0.3 is 15.5 Å². The van der Waals surface area contributed by atoms with E-state index >= 15 is 0 Å². The summed E-state index contributed by atoms with van der Waals surface area (Å²) in [4.78, 5) is 16.5. The number of carbonyl (C=O) groups is 1. The van der Waals surface area contributed by atoms with E-state index in [-0.39, 0.29) is 17.4 Å². The van der Waals surface area contributed by atoms with Crippen LogP contribution in [0.1, 0.15) is 34.1 Å². The standard InChI is InChI=1S/C14H29N3O/c1-6-16(5)9-11-7-8-17(10-11)13(18)12(15)14(2,3)4/h11-12H,6-10,15H2,1-5H3/t11?,12-/m1/s1. The summed E-state index contributed by atoms with van der Waals surface area (Å²) in [5.74, 6) is 0.718. The van der Waals surface area contributed by atoms with Gasteiger partial charge in [-0.1, -0.05) is 27.7 Å². The number of rotatable bonds is 4. The Morgan fingerprint density at radius 2 is 2.11 bits per heavy atom. The molecule has 0 spiro atoms. The molecular formula is C14H29N3O. The Balaban J connectivity index is 2.49. The monoisotopic (exact) mass is 255 g/mol. The predicted molar refractivity (Wildman–Crippen MR) is 75.3 cm³/mol. The first-order valence-corrected chi connectivity index (χ1v) is 6.98. The molecule has 1 unspecified atom stereocenters. The van der Waals surface area contributed by atoms with E-state index in [4.69, 9.17) is 5.73 Å². The van der Waals surface area contributed by atoms with Gasteiger partial charge in [-0.05, 0) is 31.3 Å². The van der Waals surface area contributed by atoms with Crippen LogP contribution in [0.25, 0.3) is 0 Å². The Kier molecular flexibility index (Phi) is 5.17. The highest BCUT2D eigenvalue weighted by Gasteiger charge is 2.34. The molecule has 0 aromatic heterocycles. The second-order valence-corrected chi connectivity index (χ2v) is 6.64. The fourth-order valence-corrected chi connectivity index (χ4v) is 2.32. The van der Waals surface area contributed by atoms with Crippen molar-refractivity contribution in [1.29, 1.82) is 0 Å². The van der Waals surface area contributed by atoms with Crippen molar-refractivity contribution in [2.45, 2.75) is 40.2 Å². The van der Waals surface area contributed by atoms with Gasteiger partial charge in [0, 0.05) is 19.6 Å². The maximum absolute atomic E-state index is 12.3. The number of hydrogen-bond acceptors (Lipinski definition) is 3. The normalized spacial score (nSPS) is 22.6. The molecule has 1 amide bonds. The zero-order valence-electron chi connectivity index (χ0n) is 12.6. The molecule has 2 N–H and O–H groups in total. The molecule has 1 heterocycles. The van der Waals surface area contributed by atoms with E-state index in [2.05, 4.69) is 18.9 Å². The molecule has 4 nitrogen and oxygen atoms in total. The fraction of sp³-hybridized carbons (Fsp3) is 0.929. The third kappa shape index (κ3) is 3.95. The fourth-order valence-electron chi connectivity index (χ4n) is 2.32. The van der Waals surface area contributed by atoms with Crippen LogP contribution < -0.4 is 5.73 Å². The van der Waals surface area contributed by atoms with E-state index in [9.17, 15) is 4.79 Å². The van der Waals surface area contributed by atoms with E-state index < -0.39 is 0 Å². The molecule has 1 fully saturated rings. The van der Waals surface area contributed by atoms with Gasteiger partial charge in [0.15, 0.2) is 0 Å². The molecule has 0 radical (unpaired) electrons. The molecule has 2 atom stereocenters. The van der Waals surface area contributed by atoms with E-state index in [0.29, 0.717) is 5.92 Å². The van der Waals surface area contributed by atoms with Crippen molar-refractivity contribution in [3.8, 4) is 0 Å². The average Bonchev–Trinajstić information content (AvgIpc) is 2.74. The van der Waals surface area contributed by atoms with Gasteiger partial charge in [-0.2, -0.15) is 0 Å². The number of carbonyl (C=O) groups excluding carboxylic acids is 1. The van der Waals surface area contributed by atoms with Crippen LogP contribution >= 0.6 is 0 Å². The van der Waals surface area contributed by atoms with Gasteiger partial charge in [-0.15, -0.1) is 0 Å². The van der Waals surface area contributed by atoms with Crippen LogP contribution in [-0.4, -0.2) is 55.0 Å². The van der Waals surface area contributed by atoms with E-state index in [0.717, 1.165) is 32.6 Å². The maximum Gasteiger partial charge on any atom is 0.240 e. The molecule has 0 bridgehead atoms. The summed E-state index contributed by atoms with van der Waals surface area (Å²) in [6.07, 6.45) is 1.10. The van der Waals surface area contributed by atoms with Crippen LogP contribution in [0.4, 0.5) is 0 Å². The van der Waals surface area contributed by atoms with Gasteiger partial charge in [0.2, 0.25) is 5.91 Å². The van der Waals surface area contributed by atoms with Crippen LogP contribution in [0.2, 0.25) is 0 Å². The largest absolute Gasteiger partial charge is 0.341 e. The van der Waals surface area contributed by atoms with Crippen molar-refractivity contribution in [3.05, 3.63) is 0 Å². The first-order valence-electron chi connectivity index (χ1n) is 6.98. The third-order valence-corrected chi connectivity index (χ3v) is 3.91. The molecule has 0 saturated carbocycles. The Morgan fingerprint density at radius 3 is 2.61 bits per heavy atom. The summed E-state index contributed by atoms with van der Waals surface area (Å²) in [5.41, 5.74) is 5.89. The molecule has 106 valence electrons. The van der Waals surface area contributed by atoms with Crippen molar-refractivity contribution in [3.63, 3.8) is 0 Å². The van der Waals surface area contributed by atoms with Gasteiger partial charge in [-0.25, -0.2) is 0 Å². The highest BCUT2D eigenvalue weighted by Crippen LogP contribution is 2.23. The lowest BCUT2D eigenvalue weighted by Crippen LogP contribution is -2.49. The quantitative estimate of drug-likeness (QED) is 0.820. The lowest BCUT2D eigenvalue weighted by molar-refractivity contribution is -0.134. The third-order valence-electron chi connectivity index (χ3n) is 3.91. The minimum Gasteiger partial charge on any atom is -0.341 e. The molecule has 1 saturated heterocycles. The molecule has 1 rings (SSSR count). The Morgan fingerprint density at radius 1 is 1.50 bits per heavy atom. The van der Waals surface area contributed by atoms with Crippen molar-refractivity contribution in [2.75, 3.05) is 33.2 Å². The highest BCUT2D eigenvalue weighted by atomic mass is 16.2. The molecule has 0 aliphatic carbocycles. The van der Waals surface area contributed by atoms with Crippen LogP contribution in [-0.2, 0) is 4.79 Å². The Labute approximate surface area is 111 Å². The second-order valence-electron chi connectivity index (χ2n) is 6.64. The van der Waals surface area contributed by atoms with Gasteiger partial charge in [-0.3, -0.25) is 4.79 Å².